The van der Waals surface area contributed by atoms with Crippen LogP contribution in [-0.4, -0.2) is 32.3 Å². The van der Waals surface area contributed by atoms with Gasteiger partial charge in [0.15, 0.2) is 11.5 Å². The Hall–Kier alpha value is -2.47. The maximum atomic E-state index is 11.9. The summed E-state index contributed by atoms with van der Waals surface area (Å²) in [6, 6.07) is 5.50. The number of halogens is 1. The number of carbonyl (C=O) groups excluding carboxylic acids is 1. The molecule has 0 aliphatic heterocycles. The van der Waals surface area contributed by atoms with Crippen molar-refractivity contribution in [3.63, 3.8) is 0 Å². The average Bonchev–Trinajstić information content (AvgIpc) is 2.86. The van der Waals surface area contributed by atoms with Gasteiger partial charge in [-0.15, -0.1) is 0 Å². The molecule has 0 radical (unpaired) electrons. The molecule has 3 heterocycles. The van der Waals surface area contributed by atoms with Crippen molar-refractivity contribution in [2.45, 2.75) is 13.8 Å². The Morgan fingerprint density at radius 3 is 2.86 bits per heavy atom. The van der Waals surface area contributed by atoms with Gasteiger partial charge in [-0.3, -0.25) is 0 Å². The van der Waals surface area contributed by atoms with E-state index in [1.54, 1.807) is 17.8 Å². The molecule has 0 fully saturated rings. The minimum atomic E-state index is -0.494. The number of aromatic nitrogens is 4. The summed E-state index contributed by atoms with van der Waals surface area (Å²) in [6.07, 6.45) is 3.08. The van der Waals surface area contributed by atoms with Crippen LogP contribution < -0.4 is 0 Å². The normalized spacial score (nSPS) is 10.9. The fourth-order valence-corrected chi connectivity index (χ4v) is 2.55. The molecule has 0 spiro atoms. The number of ether oxygens (including phenoxy) is 1. The van der Waals surface area contributed by atoms with Gasteiger partial charge in [-0.1, -0.05) is 17.7 Å². The number of esters is 1. The molecule has 0 amide bonds. The van der Waals surface area contributed by atoms with Crippen molar-refractivity contribution in [2.75, 3.05) is 6.61 Å². The molecule has 0 aliphatic rings. The van der Waals surface area contributed by atoms with Crippen molar-refractivity contribution in [3.05, 3.63) is 46.9 Å². The predicted molar refractivity (Wildman–Crippen MR) is 82.4 cm³/mol. The summed E-state index contributed by atoms with van der Waals surface area (Å²) in [6.45, 7) is 3.83. The second-order valence-electron chi connectivity index (χ2n) is 4.59. The van der Waals surface area contributed by atoms with Crippen LogP contribution in [-0.2, 0) is 4.74 Å². The van der Waals surface area contributed by atoms with Crippen LogP contribution in [0.25, 0.3) is 16.9 Å². The maximum Gasteiger partial charge on any atom is 0.341 e. The minimum Gasteiger partial charge on any atom is -0.462 e. The first-order valence-electron chi connectivity index (χ1n) is 6.75. The second kappa shape index (κ2) is 5.73. The van der Waals surface area contributed by atoms with Crippen LogP contribution in [0.1, 0.15) is 23.0 Å². The minimum absolute atomic E-state index is 0.236. The summed E-state index contributed by atoms with van der Waals surface area (Å²) in [5, 5.41) is 5.34. The lowest BCUT2D eigenvalue weighted by atomic mass is 10.2. The molecule has 22 heavy (non-hydrogen) atoms. The Morgan fingerprint density at radius 2 is 2.18 bits per heavy atom. The standard InChI is InChI=1S/C15H13ClN4O2/c1-3-22-15(21)10-8-18-14-12(13(10)16)9(2)19-20(14)11-6-4-5-7-17-11/h4-8H,3H2,1-2H3. The predicted octanol–water partition coefficient (Wildman–Crippen LogP) is 2.95. The summed E-state index contributed by atoms with van der Waals surface area (Å²) in [5.74, 6) is 0.139. The van der Waals surface area contributed by atoms with E-state index in [0.29, 0.717) is 27.6 Å². The monoisotopic (exact) mass is 316 g/mol. The molecule has 0 aliphatic carbocycles. The van der Waals surface area contributed by atoms with Crippen LogP contribution in [0.4, 0.5) is 0 Å². The third-order valence-electron chi connectivity index (χ3n) is 3.17. The van der Waals surface area contributed by atoms with Crippen LogP contribution in [0.2, 0.25) is 5.02 Å². The van der Waals surface area contributed by atoms with E-state index in [0.717, 1.165) is 0 Å². The van der Waals surface area contributed by atoms with Crippen molar-refractivity contribution in [1.29, 1.82) is 0 Å². The van der Waals surface area contributed by atoms with E-state index >= 15 is 0 Å². The van der Waals surface area contributed by atoms with Gasteiger partial charge in [0, 0.05) is 12.4 Å². The number of hydrogen-bond acceptors (Lipinski definition) is 5. The van der Waals surface area contributed by atoms with Gasteiger partial charge in [0.25, 0.3) is 0 Å². The zero-order valence-electron chi connectivity index (χ0n) is 12.1. The number of nitrogens with zero attached hydrogens (tertiary/aromatic N) is 4. The van der Waals surface area contributed by atoms with Gasteiger partial charge < -0.3 is 4.74 Å². The highest BCUT2D eigenvalue weighted by Gasteiger charge is 2.20. The van der Waals surface area contributed by atoms with Gasteiger partial charge in [0.2, 0.25) is 0 Å². The summed E-state index contributed by atoms with van der Waals surface area (Å²) in [7, 11) is 0. The molecule has 0 atom stereocenters. The first kappa shape index (κ1) is 14.5. The molecule has 0 saturated carbocycles. The van der Waals surface area contributed by atoms with E-state index in [-0.39, 0.29) is 12.2 Å². The fourth-order valence-electron chi connectivity index (χ4n) is 2.20. The maximum absolute atomic E-state index is 11.9. The molecule has 0 bridgehead atoms. The van der Waals surface area contributed by atoms with Crippen molar-refractivity contribution < 1.29 is 9.53 Å². The van der Waals surface area contributed by atoms with E-state index in [9.17, 15) is 4.79 Å². The lowest BCUT2D eigenvalue weighted by Gasteiger charge is -2.05. The third-order valence-corrected chi connectivity index (χ3v) is 3.56. The van der Waals surface area contributed by atoms with Gasteiger partial charge in [-0.2, -0.15) is 9.78 Å². The van der Waals surface area contributed by atoms with Gasteiger partial charge in [0.05, 0.1) is 28.3 Å². The average molecular weight is 317 g/mol. The largest absolute Gasteiger partial charge is 0.462 e. The Kier molecular flexibility index (Phi) is 3.77. The Labute approximate surface area is 131 Å². The summed E-state index contributed by atoms with van der Waals surface area (Å²) >= 11 is 6.36. The summed E-state index contributed by atoms with van der Waals surface area (Å²) in [5.41, 5.74) is 1.46. The Morgan fingerprint density at radius 1 is 1.36 bits per heavy atom. The van der Waals surface area contributed by atoms with Gasteiger partial charge in [-0.25, -0.2) is 14.8 Å². The molecule has 0 unspecified atom stereocenters. The first-order chi connectivity index (χ1) is 10.6. The topological polar surface area (TPSA) is 69.9 Å². The number of hydrogen-bond donors (Lipinski definition) is 0. The van der Waals surface area contributed by atoms with Gasteiger partial charge in [0.1, 0.15) is 0 Å². The van der Waals surface area contributed by atoms with Crippen LogP contribution >= 0.6 is 11.6 Å². The van der Waals surface area contributed by atoms with Crippen molar-refractivity contribution in [3.8, 4) is 5.82 Å². The number of carbonyl (C=O) groups is 1. The molecule has 3 rings (SSSR count). The number of fused-ring (bicyclic) bond motifs is 1. The van der Waals surface area contributed by atoms with E-state index in [4.69, 9.17) is 16.3 Å². The number of rotatable bonds is 3. The van der Waals surface area contributed by atoms with Gasteiger partial charge in [-0.05, 0) is 26.0 Å². The second-order valence-corrected chi connectivity index (χ2v) is 4.97. The Bertz CT molecular complexity index is 846. The SMILES string of the molecule is CCOC(=O)c1cnc2c(c(C)nn2-c2ccccn2)c1Cl. The molecule has 0 N–H and O–H groups in total. The van der Waals surface area contributed by atoms with E-state index in [2.05, 4.69) is 15.1 Å². The van der Waals surface area contributed by atoms with Gasteiger partial charge >= 0.3 is 5.97 Å². The lowest BCUT2D eigenvalue weighted by Crippen LogP contribution is -2.07. The van der Waals surface area contributed by atoms with E-state index in [1.807, 2.05) is 25.1 Å². The third kappa shape index (κ3) is 2.31. The highest BCUT2D eigenvalue weighted by Crippen LogP contribution is 2.29. The molecule has 112 valence electrons. The molecular formula is C15H13ClN4O2. The first-order valence-corrected chi connectivity index (χ1v) is 7.13. The Balaban J connectivity index is 2.21. The lowest BCUT2D eigenvalue weighted by molar-refractivity contribution is 0.0526. The number of aryl methyl sites for hydroxylation is 1. The van der Waals surface area contributed by atoms with Crippen LogP contribution in [0.15, 0.2) is 30.6 Å². The molecule has 3 aromatic heterocycles. The molecule has 0 saturated heterocycles. The van der Waals surface area contributed by atoms with Crippen LogP contribution in [0, 0.1) is 6.92 Å². The van der Waals surface area contributed by atoms with Crippen molar-refractivity contribution >= 4 is 28.6 Å². The van der Waals surface area contributed by atoms with Crippen LogP contribution in [0.3, 0.4) is 0 Å². The zero-order chi connectivity index (χ0) is 15.7. The summed E-state index contributed by atoms with van der Waals surface area (Å²) < 4.78 is 6.59. The fraction of sp³-hybridized carbons (Fsp3) is 0.200. The highest BCUT2D eigenvalue weighted by molar-refractivity contribution is 6.38. The smallest absolute Gasteiger partial charge is 0.341 e. The van der Waals surface area contributed by atoms with Crippen molar-refractivity contribution in [1.82, 2.24) is 19.7 Å². The molecule has 6 nitrogen and oxygen atoms in total. The van der Waals surface area contributed by atoms with E-state index in [1.165, 1.54) is 6.20 Å². The van der Waals surface area contributed by atoms with Crippen molar-refractivity contribution in [2.24, 2.45) is 0 Å². The quantitative estimate of drug-likeness (QED) is 0.695. The molecule has 3 aromatic rings. The summed E-state index contributed by atoms with van der Waals surface area (Å²) in [4.78, 5) is 20.5. The van der Waals surface area contributed by atoms with Crippen LogP contribution in [0.5, 0.6) is 0 Å². The van der Waals surface area contributed by atoms with E-state index < -0.39 is 5.97 Å². The highest BCUT2D eigenvalue weighted by atomic mass is 35.5. The zero-order valence-corrected chi connectivity index (χ0v) is 12.8. The molecule has 0 aromatic carbocycles. The molecular weight excluding hydrogens is 304 g/mol. The number of pyridine rings is 2. The molecule has 7 heteroatoms.